The summed E-state index contributed by atoms with van der Waals surface area (Å²) in [5.41, 5.74) is 10.7. The monoisotopic (exact) mass is 759 g/mol. The van der Waals surface area contributed by atoms with Gasteiger partial charge in [0.15, 0.2) is 0 Å². The largest absolute Gasteiger partial charge is 1.00 e. The molecule has 0 aliphatic carbocycles. The van der Waals surface area contributed by atoms with Crippen LogP contribution in [0.25, 0.3) is 24.3 Å². The van der Waals surface area contributed by atoms with Crippen LogP contribution in [0.2, 0.25) is 0 Å². The van der Waals surface area contributed by atoms with Crippen molar-refractivity contribution < 1.29 is 81.4 Å². The van der Waals surface area contributed by atoms with E-state index in [9.17, 15) is 51.9 Å². The Balaban J connectivity index is 0.00000650. The third kappa shape index (κ3) is 10.4. The van der Waals surface area contributed by atoms with Gasteiger partial charge in [-0.05, 0) is 70.8 Å². The Bertz CT molecular complexity index is 2310. The third-order valence-corrected chi connectivity index (χ3v) is 9.98. The first-order valence-electron chi connectivity index (χ1n) is 12.9. The summed E-state index contributed by atoms with van der Waals surface area (Å²) in [7, 11) is -19.2. The van der Waals surface area contributed by atoms with Gasteiger partial charge in [-0.3, -0.25) is 18.2 Å². The van der Waals surface area contributed by atoms with E-state index in [1.165, 1.54) is 48.5 Å². The molecule has 16 nitrogen and oxygen atoms in total. The summed E-state index contributed by atoms with van der Waals surface area (Å²) in [6.07, 6.45) is 4.63. The number of hydrogen-bond acceptors (Lipinski definition) is 12. The van der Waals surface area contributed by atoms with Gasteiger partial charge >= 0.3 is 29.6 Å². The SMILES string of the molecule is Nc1ccc(/C=C/c2ccc(N=Nc3ccc(/C=C/c4ccc(N)cc4S(=O)(=O)O)c(S(=O)(=O)O)c3)cc2S(=O)(=O)O)c(S(=O)(=O)O)c1.[Na+]. The van der Waals surface area contributed by atoms with E-state index in [1.807, 2.05) is 0 Å². The fourth-order valence-electron chi connectivity index (χ4n) is 4.19. The first kappa shape index (κ1) is 39.6. The molecule has 0 fully saturated rings. The van der Waals surface area contributed by atoms with Gasteiger partial charge in [0.25, 0.3) is 40.5 Å². The van der Waals surface area contributed by atoms with Gasteiger partial charge in [0, 0.05) is 11.4 Å². The molecule has 0 bridgehead atoms. The second-order valence-corrected chi connectivity index (χ2v) is 15.4. The predicted molar refractivity (Wildman–Crippen MR) is 176 cm³/mol. The van der Waals surface area contributed by atoms with Crippen molar-refractivity contribution in [2.45, 2.75) is 19.6 Å². The average Bonchev–Trinajstić information content (AvgIpc) is 2.97. The van der Waals surface area contributed by atoms with Gasteiger partial charge in [0.05, 0.1) is 11.4 Å². The fourth-order valence-corrected chi connectivity index (χ4v) is 7.04. The first-order valence-corrected chi connectivity index (χ1v) is 18.6. The molecule has 0 amide bonds. The van der Waals surface area contributed by atoms with Gasteiger partial charge in [-0.25, -0.2) is 0 Å². The standard InChI is InChI=1S/C28H24N4O12S4.Na/c29-21-9-5-17(25(13-21)45(33,34)35)1-3-19-7-11-23(15-27(19)47(39,40)41)31-32-24-12-8-20(28(16-24)48(42,43)44)4-2-18-6-10-22(30)14-26(18)46(36,37)38;/h1-16H,29-30H2,(H,33,34,35)(H,36,37,38)(H,39,40,41)(H,42,43,44);/q;+1/b3-1+,4-2+,32-31?;. The number of nitrogen functional groups attached to an aromatic ring is 2. The molecule has 0 aliphatic rings. The van der Waals surface area contributed by atoms with Crippen LogP contribution in [0, 0.1) is 0 Å². The van der Waals surface area contributed by atoms with Crippen molar-refractivity contribution in [2.24, 2.45) is 10.2 Å². The molecule has 4 rings (SSSR count). The maximum atomic E-state index is 12.2. The minimum Gasteiger partial charge on any atom is -0.399 e. The number of hydrogen-bond donors (Lipinski definition) is 6. The molecule has 8 N–H and O–H groups in total. The predicted octanol–water partition coefficient (Wildman–Crippen LogP) is 1.60. The zero-order valence-corrected chi connectivity index (χ0v) is 30.2. The Morgan fingerprint density at radius 1 is 0.429 bits per heavy atom. The molecule has 4 aromatic rings. The average molecular weight is 760 g/mol. The van der Waals surface area contributed by atoms with Crippen molar-refractivity contribution in [2.75, 3.05) is 11.5 Å². The van der Waals surface area contributed by atoms with Gasteiger partial charge in [-0.1, -0.05) is 48.6 Å². The number of nitrogens with two attached hydrogens (primary N) is 2. The normalized spacial score (nSPS) is 12.9. The summed E-state index contributed by atoms with van der Waals surface area (Å²) in [5.74, 6) is 0. The molecule has 252 valence electrons. The third-order valence-electron chi connectivity index (χ3n) is 6.35. The minimum absolute atomic E-state index is 0. The Kier molecular flexibility index (Phi) is 12.1. The Morgan fingerprint density at radius 3 is 0.939 bits per heavy atom. The second kappa shape index (κ2) is 15.0. The number of nitrogens with zero attached hydrogens (tertiary/aromatic N) is 2. The Hall–Kier alpha value is -3.80. The molecule has 0 saturated heterocycles. The summed E-state index contributed by atoms with van der Waals surface area (Å²) < 4.78 is 134. The first-order chi connectivity index (χ1) is 22.1. The molecule has 0 radical (unpaired) electrons. The van der Waals surface area contributed by atoms with E-state index in [-0.39, 0.29) is 74.6 Å². The van der Waals surface area contributed by atoms with Crippen LogP contribution in [0.15, 0.2) is 103 Å². The molecule has 0 aliphatic heterocycles. The van der Waals surface area contributed by atoms with Crippen molar-refractivity contribution in [1.82, 2.24) is 0 Å². The summed E-state index contributed by atoms with van der Waals surface area (Å²) in [5, 5.41) is 7.72. The molecule has 4 aromatic carbocycles. The van der Waals surface area contributed by atoms with Crippen molar-refractivity contribution in [3.05, 3.63) is 95.1 Å². The number of rotatable bonds is 10. The van der Waals surface area contributed by atoms with Crippen LogP contribution in [0.3, 0.4) is 0 Å². The summed E-state index contributed by atoms with van der Waals surface area (Å²) in [6, 6.07) is 14.0. The van der Waals surface area contributed by atoms with E-state index in [0.717, 1.165) is 48.6 Å². The zero-order valence-electron chi connectivity index (χ0n) is 25.0. The summed E-state index contributed by atoms with van der Waals surface area (Å²) in [4.78, 5) is -2.41. The van der Waals surface area contributed by atoms with Crippen LogP contribution in [0.4, 0.5) is 22.7 Å². The van der Waals surface area contributed by atoms with E-state index < -0.39 is 60.1 Å². The molecular formula is C28H24N4NaO12S4+. The molecule has 49 heavy (non-hydrogen) atoms. The zero-order chi connectivity index (χ0) is 35.7. The van der Waals surface area contributed by atoms with Crippen LogP contribution in [-0.2, 0) is 40.5 Å². The molecule has 0 saturated carbocycles. The molecule has 0 spiro atoms. The number of anilines is 2. The molecule has 0 atom stereocenters. The van der Waals surface area contributed by atoms with E-state index in [1.54, 1.807) is 0 Å². The maximum absolute atomic E-state index is 12.2. The van der Waals surface area contributed by atoms with Gasteiger partial charge in [-0.15, -0.1) is 0 Å². The van der Waals surface area contributed by atoms with E-state index in [0.29, 0.717) is 0 Å². The van der Waals surface area contributed by atoms with Crippen molar-refractivity contribution in [3.63, 3.8) is 0 Å². The van der Waals surface area contributed by atoms with Gasteiger partial charge in [-0.2, -0.15) is 43.9 Å². The van der Waals surface area contributed by atoms with Crippen LogP contribution < -0.4 is 41.0 Å². The van der Waals surface area contributed by atoms with Crippen LogP contribution >= 0.6 is 0 Å². The van der Waals surface area contributed by atoms with Crippen LogP contribution in [0.5, 0.6) is 0 Å². The fraction of sp³-hybridized carbons (Fsp3) is 0. The molecular weight excluding hydrogens is 736 g/mol. The molecule has 0 aromatic heterocycles. The Morgan fingerprint density at radius 2 is 0.673 bits per heavy atom. The van der Waals surface area contributed by atoms with Crippen LogP contribution in [-0.4, -0.2) is 51.9 Å². The minimum atomic E-state index is -4.89. The van der Waals surface area contributed by atoms with Gasteiger partial charge in [0.1, 0.15) is 19.6 Å². The van der Waals surface area contributed by atoms with E-state index in [2.05, 4.69) is 10.2 Å². The van der Waals surface area contributed by atoms with Crippen molar-refractivity contribution >= 4 is 87.5 Å². The van der Waals surface area contributed by atoms with Crippen LogP contribution in [0.1, 0.15) is 22.3 Å². The summed E-state index contributed by atoms with van der Waals surface area (Å²) >= 11 is 0. The second-order valence-electron chi connectivity index (χ2n) is 9.81. The van der Waals surface area contributed by atoms with Gasteiger partial charge < -0.3 is 11.5 Å². The number of azo groups is 1. The van der Waals surface area contributed by atoms with Crippen molar-refractivity contribution in [3.8, 4) is 0 Å². The van der Waals surface area contributed by atoms with Crippen molar-refractivity contribution in [1.29, 1.82) is 0 Å². The van der Waals surface area contributed by atoms with E-state index >= 15 is 0 Å². The topological polar surface area (TPSA) is 294 Å². The smallest absolute Gasteiger partial charge is 0.399 e. The summed E-state index contributed by atoms with van der Waals surface area (Å²) in [6.45, 7) is 0. The maximum Gasteiger partial charge on any atom is 1.00 e. The van der Waals surface area contributed by atoms with E-state index in [4.69, 9.17) is 11.5 Å². The molecule has 0 unspecified atom stereocenters. The molecule has 0 heterocycles. The molecule has 21 heteroatoms. The van der Waals surface area contributed by atoms with Gasteiger partial charge in [0.2, 0.25) is 0 Å². The number of benzene rings is 4. The Labute approximate surface area is 303 Å². The quantitative estimate of drug-likeness (QED) is 0.0440.